The van der Waals surface area contributed by atoms with Crippen LogP contribution in [0.5, 0.6) is 34.5 Å². The number of hydrogen-bond acceptors (Lipinski definition) is 18. The first-order chi connectivity index (χ1) is 51.4. The average Bonchev–Trinajstić information content (AvgIpc) is 0.679. The monoisotopic (exact) mass is 1280 g/mol. The molecule has 3 fully saturated rings. The van der Waals surface area contributed by atoms with Crippen LogP contribution in [0.2, 0.25) is 0 Å². The van der Waals surface area contributed by atoms with Gasteiger partial charge < -0.3 is 59.8 Å². The van der Waals surface area contributed by atoms with Crippen molar-refractivity contribution >= 4 is 17.9 Å². The summed E-state index contributed by atoms with van der Waals surface area (Å²) in [5.74, 6) is -11.4. The van der Waals surface area contributed by atoms with Crippen LogP contribution in [-0.2, 0) is 47.9 Å². The lowest BCUT2D eigenvalue weighted by Crippen LogP contribution is -2.51. The van der Waals surface area contributed by atoms with E-state index in [1.807, 2.05) is 0 Å². The van der Waals surface area contributed by atoms with Crippen molar-refractivity contribution < 1.29 is 88.5 Å². The first kappa shape index (κ1) is 45.8. The fraction of sp³-hybridized carbons (Fsp3) is 0.708. The Kier molecular flexibility index (Phi) is 16.5. The molecule has 0 radical (unpaired) electrons. The van der Waals surface area contributed by atoms with Gasteiger partial charge in [0, 0.05) is 115 Å². The van der Waals surface area contributed by atoms with Crippen molar-refractivity contribution in [3.8, 4) is 34.5 Å². The highest BCUT2D eigenvalue weighted by atomic mass is 16.6. The largest absolute Gasteiger partial charge is 0.493 e. The van der Waals surface area contributed by atoms with Gasteiger partial charge in [0.2, 0.25) is 0 Å². The van der Waals surface area contributed by atoms with E-state index < -0.39 is 149 Å². The van der Waals surface area contributed by atoms with Crippen LogP contribution in [0.1, 0.15) is 204 Å². The zero-order valence-electron chi connectivity index (χ0n) is 78.3. The highest BCUT2D eigenvalue weighted by Crippen LogP contribution is 2.48. The minimum absolute atomic E-state index is 0.0256. The lowest BCUT2D eigenvalue weighted by atomic mass is 9.79. The number of esters is 3. The summed E-state index contributed by atoms with van der Waals surface area (Å²) in [7, 11) is 0.0188. The molecule has 504 valence electrons. The van der Waals surface area contributed by atoms with E-state index in [0.717, 1.165) is 0 Å². The third-order valence-electron chi connectivity index (χ3n) is 16.4. The number of carbonyl (C=O) groups is 3. The normalized spacial score (nSPS) is 36.4. The number of hydrogen-bond donors (Lipinski definition) is 3. The van der Waals surface area contributed by atoms with Crippen molar-refractivity contribution in [1.82, 2.24) is 14.7 Å². The zero-order valence-corrected chi connectivity index (χ0v) is 55.3. The number of nitrogens with two attached hydrogens (primary N) is 3. The molecule has 0 amide bonds. The SMILES string of the molecule is [2H]C([2H])([2H])Oc1cc2c(cc1OC)C1N(CC2)C([2H])([2H])C([2H])(CC(C)C)C(OC(=O)[C@@H](N)C(C)C)C1([2H])[2H].[2H]C([2H])([2H])Oc1cc2c(cc1OC)C1N(CC2)C([2H])([2H])C([2H])(CC(C)C)C([2H])(OC(=O)[C@@H](N)C(C)C)C1([2H])[2H].[2H]C1([2H])C2c3cc(OC)c(OC)cc3CCN2C([2H])([2H])C([2H])(CC(C)C)C1([2H])OC(=O)[C@@H](N)C(C)C. The highest BCUT2D eigenvalue weighted by Gasteiger charge is 2.45. The molecule has 18 heteroatoms. The van der Waals surface area contributed by atoms with Crippen LogP contribution in [0.15, 0.2) is 36.4 Å². The number of methoxy groups -OCH3 is 6. The van der Waals surface area contributed by atoms with Gasteiger partial charge in [-0.1, -0.05) is 83.1 Å². The van der Waals surface area contributed by atoms with Crippen LogP contribution in [0.3, 0.4) is 0 Å². The summed E-state index contributed by atoms with van der Waals surface area (Å²) in [4.78, 5) is 42.9. The van der Waals surface area contributed by atoms with Crippen LogP contribution in [0.4, 0.5) is 0 Å². The minimum Gasteiger partial charge on any atom is -0.493 e. The van der Waals surface area contributed by atoms with Crippen LogP contribution >= 0.6 is 0 Å². The van der Waals surface area contributed by atoms with Gasteiger partial charge in [-0.15, -0.1) is 0 Å². The van der Waals surface area contributed by atoms with E-state index in [1.54, 1.807) is 95.2 Å². The van der Waals surface area contributed by atoms with Gasteiger partial charge in [-0.05, 0) is 144 Å². The van der Waals surface area contributed by atoms with Gasteiger partial charge >= 0.3 is 17.9 Å². The molecule has 9 unspecified atom stereocenters. The summed E-state index contributed by atoms with van der Waals surface area (Å²) < 4.78 is 250. The fourth-order valence-electron chi connectivity index (χ4n) is 11.2. The molecule has 0 bridgehead atoms. The fourth-order valence-corrected chi connectivity index (χ4v) is 11.2. The maximum absolute atomic E-state index is 13.1. The second-order valence-corrected chi connectivity index (χ2v) is 25.7. The quantitative estimate of drug-likeness (QED) is 0.0666. The third-order valence-corrected chi connectivity index (χ3v) is 16.4. The molecule has 90 heavy (non-hydrogen) atoms. The molecule has 3 aromatic rings. The zero-order chi connectivity index (χ0) is 86.4. The van der Waals surface area contributed by atoms with Crippen LogP contribution in [0, 0.1) is 53.2 Å². The number of ether oxygens (including phenoxy) is 9. The van der Waals surface area contributed by atoms with E-state index >= 15 is 0 Å². The van der Waals surface area contributed by atoms with E-state index in [0.29, 0.717) is 45.7 Å². The van der Waals surface area contributed by atoms with Gasteiger partial charge in [0.05, 0.1) is 53.5 Å². The van der Waals surface area contributed by atoms with Crippen molar-refractivity contribution in [2.45, 2.75) is 195 Å². The van der Waals surface area contributed by atoms with Crippen molar-refractivity contribution in [2.75, 3.05) is 81.6 Å². The molecule has 0 aromatic heterocycles. The summed E-state index contributed by atoms with van der Waals surface area (Å²) in [5, 5.41) is 0. The van der Waals surface area contributed by atoms with E-state index in [2.05, 4.69) is 0 Å². The van der Waals surface area contributed by atoms with E-state index in [-0.39, 0.29) is 110 Å². The lowest BCUT2D eigenvalue weighted by Gasteiger charge is -2.47. The summed E-state index contributed by atoms with van der Waals surface area (Å²) >= 11 is 0. The van der Waals surface area contributed by atoms with Crippen molar-refractivity contribution in [1.29, 1.82) is 0 Å². The second kappa shape index (κ2) is 32.5. The van der Waals surface area contributed by atoms with E-state index in [9.17, 15) is 29.5 Å². The molecule has 9 rings (SSSR count). The molecule has 6 heterocycles. The molecule has 6 aliphatic rings. The average molecular weight is 1280 g/mol. The van der Waals surface area contributed by atoms with Gasteiger partial charge in [-0.25, -0.2) is 0 Å². The minimum atomic E-state index is -3.02. The number of benzene rings is 3. The number of fused-ring (bicyclic) bond motifs is 9. The topological polar surface area (TPSA) is 222 Å². The number of rotatable bonds is 21. The molecule has 3 aromatic carbocycles. The molecular weight excluding hydrogens is 1140 g/mol. The van der Waals surface area contributed by atoms with Gasteiger partial charge in [-0.3, -0.25) is 29.1 Å². The number of piperidine rings is 3. The molecule has 0 spiro atoms. The Bertz CT molecular complexity index is 3930. The first-order valence-electron chi connectivity index (χ1n) is 42.7. The standard InChI is InChI=1S/3C24H38N2O4/c3*1-14(2)9-17-13-26-8-7-16-10-21(28-5)22(29-6)11-18(16)19(26)12-20(17)30-24(27)23(25)15(3)4/h3*10-11,14-15,17,19-20,23H,7-9,12-13,25H2,1-6H3/t3*17?,19?,20?,23-/m000/s1/i5D3,12D2,13D2,17D,20D;12D2,13D2,17D,20D;5D3,12D2,13D2,17D. The predicted octanol–water partition coefficient (Wildman–Crippen LogP) is 10.7. The highest BCUT2D eigenvalue weighted by molar-refractivity contribution is 5.77. The molecular formula is C72H114N6O12. The molecule has 18 nitrogen and oxygen atoms in total. The van der Waals surface area contributed by atoms with Crippen molar-refractivity contribution in [3.63, 3.8) is 0 Å². The molecule has 6 aliphatic heterocycles. The van der Waals surface area contributed by atoms with Crippen LogP contribution in [-0.4, -0.2) is 151 Å². The van der Waals surface area contributed by atoms with E-state index in [4.69, 9.17) is 76.3 Å². The summed E-state index contributed by atoms with van der Waals surface area (Å²) in [6.45, 7) is 13.3. The Labute approximate surface area is 571 Å². The van der Waals surface area contributed by atoms with Gasteiger partial charge in [0.25, 0.3) is 0 Å². The molecule has 12 atom stereocenters. The molecule has 0 aliphatic carbocycles. The van der Waals surface area contributed by atoms with Gasteiger partial charge in [0.1, 0.15) is 36.4 Å². The number of nitrogens with zero attached hydrogens (tertiary/aromatic N) is 3. The Morgan fingerprint density at radius 1 is 0.456 bits per heavy atom. The summed E-state index contributed by atoms with van der Waals surface area (Å²) in [6, 6.07) is 1.46. The Morgan fingerprint density at radius 2 is 0.744 bits per heavy atom. The number of carbonyl (C=O) groups excluding carboxylic acids is 3. The Hall–Kier alpha value is -5.37. The second-order valence-electron chi connectivity index (χ2n) is 25.7. The first-order valence-corrected chi connectivity index (χ1v) is 31.2. The third kappa shape index (κ3) is 17.5. The smallest absolute Gasteiger partial charge is 0.323 e. The molecule has 0 saturated carbocycles. The predicted molar refractivity (Wildman–Crippen MR) is 353 cm³/mol. The van der Waals surface area contributed by atoms with Gasteiger partial charge in [0.15, 0.2) is 34.5 Å². The van der Waals surface area contributed by atoms with Crippen molar-refractivity contribution in [2.24, 2.45) is 70.4 Å². The van der Waals surface area contributed by atoms with Crippen molar-refractivity contribution in [3.05, 3.63) is 69.8 Å². The Morgan fingerprint density at radius 3 is 1.06 bits per heavy atom. The summed E-state index contributed by atoms with van der Waals surface area (Å²) in [6.07, 6.45) is -15.4. The van der Waals surface area contributed by atoms with Crippen LogP contribution < -0.4 is 45.6 Å². The maximum atomic E-state index is 13.1. The van der Waals surface area contributed by atoms with Gasteiger partial charge in [-0.2, -0.15) is 0 Å². The maximum Gasteiger partial charge on any atom is 0.323 e. The summed E-state index contributed by atoms with van der Waals surface area (Å²) in [5.41, 5.74) is 20.7. The molecule has 6 N–H and O–H groups in total. The molecule has 3 saturated heterocycles. The Balaban J connectivity index is 0.000000235. The lowest BCUT2D eigenvalue weighted by molar-refractivity contribution is -0.161. The van der Waals surface area contributed by atoms with E-state index in [1.165, 1.54) is 67.4 Å². The van der Waals surface area contributed by atoms with Crippen LogP contribution in [0.25, 0.3) is 0 Å².